The van der Waals surface area contributed by atoms with Gasteiger partial charge in [0.05, 0.1) is 24.6 Å². The number of aromatic nitrogens is 1. The Morgan fingerprint density at radius 3 is 3.00 bits per heavy atom. The summed E-state index contributed by atoms with van der Waals surface area (Å²) in [7, 11) is 0. The zero-order chi connectivity index (χ0) is 16.2. The summed E-state index contributed by atoms with van der Waals surface area (Å²) in [5, 5.41) is 3.36. The lowest BCUT2D eigenvalue weighted by molar-refractivity contribution is 0.0117. The molecule has 128 valence electrons. The molecule has 2 fully saturated rings. The number of pyridine rings is 1. The molecule has 24 heavy (non-hydrogen) atoms. The Balaban J connectivity index is 1.38. The van der Waals surface area contributed by atoms with Crippen molar-refractivity contribution < 1.29 is 9.47 Å². The second kappa shape index (κ2) is 7.45. The molecule has 1 aromatic rings. The van der Waals surface area contributed by atoms with E-state index in [0.29, 0.717) is 5.92 Å². The van der Waals surface area contributed by atoms with Crippen molar-refractivity contribution in [2.45, 2.75) is 37.8 Å². The largest absolute Gasteiger partial charge is 0.492 e. The monoisotopic (exact) mass is 327 g/mol. The maximum absolute atomic E-state index is 5.92. The molecule has 3 atom stereocenters. The lowest BCUT2D eigenvalue weighted by Crippen LogP contribution is -2.31. The number of rotatable bonds is 5. The molecule has 4 rings (SSSR count). The van der Waals surface area contributed by atoms with E-state index in [9.17, 15) is 0 Å². The Labute approximate surface area is 143 Å². The Hall–Kier alpha value is -1.72. The van der Waals surface area contributed by atoms with E-state index in [1.807, 2.05) is 24.5 Å². The Morgan fingerprint density at radius 1 is 1.25 bits per heavy atom. The van der Waals surface area contributed by atoms with E-state index in [1.54, 1.807) is 0 Å². The van der Waals surface area contributed by atoms with Gasteiger partial charge in [0.1, 0.15) is 11.8 Å². The molecule has 0 saturated carbocycles. The Morgan fingerprint density at radius 2 is 2.25 bits per heavy atom. The van der Waals surface area contributed by atoms with Crippen molar-refractivity contribution >= 4 is 11.8 Å². The van der Waals surface area contributed by atoms with E-state index < -0.39 is 0 Å². The van der Waals surface area contributed by atoms with Gasteiger partial charge in [-0.2, -0.15) is 0 Å². The quantitative estimate of drug-likeness (QED) is 0.903. The molecule has 0 spiro atoms. The topological polar surface area (TPSA) is 55.7 Å². The number of hydrogen-bond acceptors (Lipinski definition) is 5. The van der Waals surface area contributed by atoms with Gasteiger partial charge >= 0.3 is 0 Å². The standard InChI is InChI=1S/C19H25N3O2/c1-2-10-23-18(3-1)19-16(7-9-21-19)17-5-4-15(12-22-17)24-13-14-6-8-20-11-14/h4-5,7,9,12,14,18-20H,1-3,6,8,10-11,13H2/t14-,18?,19?/m0/s1. The molecule has 5 heteroatoms. The normalized spacial score (nSPS) is 29.7. The van der Waals surface area contributed by atoms with Gasteiger partial charge in [-0.1, -0.05) is 0 Å². The molecule has 1 N–H and O–H groups in total. The summed E-state index contributed by atoms with van der Waals surface area (Å²) < 4.78 is 11.8. The number of nitrogens with zero attached hydrogens (tertiary/aromatic N) is 2. The average Bonchev–Trinajstić information content (AvgIpc) is 3.33. The Bertz CT molecular complexity index is 600. The van der Waals surface area contributed by atoms with Crippen molar-refractivity contribution in [1.82, 2.24) is 10.3 Å². The first-order valence-electron chi connectivity index (χ1n) is 9.05. The van der Waals surface area contributed by atoms with Gasteiger partial charge in [0.25, 0.3) is 0 Å². The van der Waals surface area contributed by atoms with Crippen LogP contribution in [0, 0.1) is 5.92 Å². The fraction of sp³-hybridized carbons (Fsp3) is 0.579. The van der Waals surface area contributed by atoms with Crippen LogP contribution in [-0.2, 0) is 4.74 Å². The van der Waals surface area contributed by atoms with Crippen molar-refractivity contribution in [1.29, 1.82) is 0 Å². The van der Waals surface area contributed by atoms with E-state index in [-0.39, 0.29) is 12.1 Å². The number of hydrogen-bond donors (Lipinski definition) is 1. The van der Waals surface area contributed by atoms with Gasteiger partial charge in [0.2, 0.25) is 0 Å². The molecule has 0 aromatic carbocycles. The summed E-state index contributed by atoms with van der Waals surface area (Å²) in [6.07, 6.45) is 10.6. The predicted octanol–water partition coefficient (Wildman–Crippen LogP) is 2.48. The third-order valence-corrected chi connectivity index (χ3v) is 5.07. The predicted molar refractivity (Wildman–Crippen MR) is 94.6 cm³/mol. The molecular weight excluding hydrogens is 302 g/mol. The summed E-state index contributed by atoms with van der Waals surface area (Å²) in [6, 6.07) is 4.15. The maximum Gasteiger partial charge on any atom is 0.137 e. The fourth-order valence-corrected chi connectivity index (χ4v) is 3.65. The fourth-order valence-electron chi connectivity index (χ4n) is 3.65. The molecule has 0 bridgehead atoms. The lowest BCUT2D eigenvalue weighted by Gasteiger charge is -2.27. The summed E-state index contributed by atoms with van der Waals surface area (Å²) in [5.74, 6) is 1.46. The highest BCUT2D eigenvalue weighted by molar-refractivity contribution is 5.90. The van der Waals surface area contributed by atoms with Crippen LogP contribution in [-0.4, -0.2) is 49.6 Å². The van der Waals surface area contributed by atoms with Gasteiger partial charge < -0.3 is 14.8 Å². The summed E-state index contributed by atoms with van der Waals surface area (Å²) in [4.78, 5) is 9.21. The molecule has 0 radical (unpaired) electrons. The number of ether oxygens (including phenoxy) is 2. The van der Waals surface area contributed by atoms with Gasteiger partial charge in [-0.05, 0) is 50.4 Å². The van der Waals surface area contributed by atoms with Crippen LogP contribution in [0.25, 0.3) is 5.57 Å². The van der Waals surface area contributed by atoms with Crippen molar-refractivity contribution in [2.24, 2.45) is 10.9 Å². The van der Waals surface area contributed by atoms with Crippen LogP contribution < -0.4 is 10.1 Å². The van der Waals surface area contributed by atoms with Gasteiger partial charge in [-0.3, -0.25) is 9.98 Å². The van der Waals surface area contributed by atoms with Crippen LogP contribution in [0.15, 0.2) is 29.4 Å². The smallest absolute Gasteiger partial charge is 0.137 e. The molecule has 2 saturated heterocycles. The van der Waals surface area contributed by atoms with Crippen LogP contribution in [0.2, 0.25) is 0 Å². The zero-order valence-electron chi connectivity index (χ0n) is 14.0. The van der Waals surface area contributed by atoms with E-state index in [0.717, 1.165) is 56.2 Å². The van der Waals surface area contributed by atoms with Crippen LogP contribution >= 0.6 is 0 Å². The minimum absolute atomic E-state index is 0.0918. The van der Waals surface area contributed by atoms with Crippen molar-refractivity contribution in [3.63, 3.8) is 0 Å². The van der Waals surface area contributed by atoms with Crippen molar-refractivity contribution in [3.8, 4) is 5.75 Å². The highest BCUT2D eigenvalue weighted by atomic mass is 16.5. The molecule has 2 unspecified atom stereocenters. The molecule has 0 aliphatic carbocycles. The second-order valence-electron chi connectivity index (χ2n) is 6.82. The van der Waals surface area contributed by atoms with Gasteiger partial charge in [-0.15, -0.1) is 0 Å². The van der Waals surface area contributed by atoms with E-state index in [1.165, 1.54) is 12.8 Å². The molecule has 3 aliphatic heterocycles. The van der Waals surface area contributed by atoms with Crippen LogP contribution in [0.4, 0.5) is 0 Å². The van der Waals surface area contributed by atoms with E-state index in [4.69, 9.17) is 9.47 Å². The van der Waals surface area contributed by atoms with Crippen LogP contribution in [0.1, 0.15) is 31.4 Å². The van der Waals surface area contributed by atoms with Gasteiger partial charge in [-0.25, -0.2) is 0 Å². The summed E-state index contributed by atoms with van der Waals surface area (Å²) in [5.41, 5.74) is 2.13. The zero-order valence-corrected chi connectivity index (χ0v) is 14.0. The molecule has 0 amide bonds. The minimum Gasteiger partial charge on any atom is -0.492 e. The highest BCUT2D eigenvalue weighted by Crippen LogP contribution is 2.30. The van der Waals surface area contributed by atoms with E-state index in [2.05, 4.69) is 21.4 Å². The molecule has 4 heterocycles. The third-order valence-electron chi connectivity index (χ3n) is 5.07. The summed E-state index contributed by atoms with van der Waals surface area (Å²) >= 11 is 0. The molecular formula is C19H25N3O2. The van der Waals surface area contributed by atoms with Crippen LogP contribution in [0.5, 0.6) is 5.75 Å². The first-order chi connectivity index (χ1) is 11.9. The lowest BCUT2D eigenvalue weighted by atomic mass is 9.95. The van der Waals surface area contributed by atoms with E-state index >= 15 is 0 Å². The first-order valence-corrected chi connectivity index (χ1v) is 9.05. The highest BCUT2D eigenvalue weighted by Gasteiger charge is 2.30. The average molecular weight is 327 g/mol. The second-order valence-corrected chi connectivity index (χ2v) is 6.82. The molecule has 3 aliphatic rings. The summed E-state index contributed by atoms with van der Waals surface area (Å²) in [6.45, 7) is 3.77. The van der Waals surface area contributed by atoms with Gasteiger partial charge in [0, 0.05) is 30.9 Å². The van der Waals surface area contributed by atoms with Crippen molar-refractivity contribution in [3.05, 3.63) is 30.1 Å². The SMILES string of the molecule is C1=NC(C2CCCCO2)C(c2ccc(OC[C@H]3CCNC3)cn2)=C1. The van der Waals surface area contributed by atoms with Gasteiger partial charge in [0.15, 0.2) is 0 Å². The third kappa shape index (κ3) is 3.52. The molecule has 1 aromatic heterocycles. The minimum atomic E-state index is 0.0918. The number of nitrogens with one attached hydrogen (secondary N) is 1. The first kappa shape index (κ1) is 15.8. The number of aliphatic imine (C=N–C) groups is 1. The van der Waals surface area contributed by atoms with Crippen LogP contribution in [0.3, 0.4) is 0 Å². The Kier molecular flexibility index (Phi) is 4.90. The number of allylic oxidation sites excluding steroid dienone is 1. The molecule has 5 nitrogen and oxygen atoms in total. The maximum atomic E-state index is 5.92. The van der Waals surface area contributed by atoms with Crippen molar-refractivity contribution in [2.75, 3.05) is 26.3 Å².